The Morgan fingerprint density at radius 3 is 2.33 bits per heavy atom. The van der Waals surface area contributed by atoms with E-state index in [0.717, 1.165) is 31.4 Å². The molecule has 1 amide bonds. The number of aromatic hydroxyl groups is 1. The molecule has 0 saturated heterocycles. The van der Waals surface area contributed by atoms with E-state index in [1.807, 2.05) is 36.7 Å². The summed E-state index contributed by atoms with van der Waals surface area (Å²) in [4.78, 5) is 17.5. The van der Waals surface area contributed by atoms with Crippen LogP contribution in [0.5, 0.6) is 5.75 Å². The Balaban J connectivity index is 2.05. The van der Waals surface area contributed by atoms with Gasteiger partial charge in [-0.25, -0.2) is 0 Å². The first-order valence-corrected chi connectivity index (χ1v) is 12.6. The first-order chi connectivity index (χ1) is 15.9. The highest BCUT2D eigenvalue weighted by molar-refractivity contribution is 5.82. The number of phenols is 1. The number of carbonyl (C=O) groups excluding carboxylic acids is 1. The number of amides is 1. The van der Waals surface area contributed by atoms with E-state index in [-0.39, 0.29) is 23.7 Å². The lowest BCUT2D eigenvalue weighted by atomic mass is 9.96. The maximum Gasteiger partial charge on any atom is 0.237 e. The molecule has 0 aliphatic carbocycles. The van der Waals surface area contributed by atoms with Gasteiger partial charge in [-0.1, -0.05) is 52.7 Å². The Morgan fingerprint density at radius 1 is 1.00 bits per heavy atom. The number of hydrogen-bond acceptors (Lipinski definition) is 4. The molecule has 0 aliphatic heterocycles. The number of nitrogens with zero attached hydrogens (tertiary/aromatic N) is 1. The highest BCUT2D eigenvalue weighted by Crippen LogP contribution is 2.15. The van der Waals surface area contributed by atoms with E-state index >= 15 is 0 Å². The standard InChI is InChI=1S/C28H43N3O2/c1-5-6-7-22(4)20-30-27(19-24-9-12-26(32)13-10-24)28(33)31-25(18-21(2)3)11-8-23-14-16-29-17-15-23/h9-10,12-17,21-22,25,27,30,32H,5-8,11,18-20H2,1-4H3,(H,31,33)/t22-,25-,27-/m0/s1. The molecule has 5 heteroatoms. The Morgan fingerprint density at radius 2 is 1.70 bits per heavy atom. The number of hydrogen-bond donors (Lipinski definition) is 3. The number of aromatic nitrogens is 1. The lowest BCUT2D eigenvalue weighted by Gasteiger charge is -2.26. The number of phenolic OH excluding ortho intramolecular Hbond substituents is 1. The van der Waals surface area contributed by atoms with Gasteiger partial charge in [0.15, 0.2) is 0 Å². The van der Waals surface area contributed by atoms with E-state index in [4.69, 9.17) is 0 Å². The van der Waals surface area contributed by atoms with Crippen LogP contribution in [0.2, 0.25) is 0 Å². The molecule has 0 aliphatic rings. The summed E-state index contributed by atoms with van der Waals surface area (Å²) in [5, 5.41) is 16.5. The Bertz CT molecular complexity index is 793. The minimum Gasteiger partial charge on any atom is -0.508 e. The minimum absolute atomic E-state index is 0.0612. The molecule has 0 radical (unpaired) electrons. The summed E-state index contributed by atoms with van der Waals surface area (Å²) in [7, 11) is 0. The molecule has 3 N–H and O–H groups in total. The Kier molecular flexibility index (Phi) is 12.0. The van der Waals surface area contributed by atoms with E-state index in [1.54, 1.807) is 12.1 Å². The van der Waals surface area contributed by atoms with Crippen molar-refractivity contribution in [3.63, 3.8) is 0 Å². The van der Waals surface area contributed by atoms with Crippen molar-refractivity contribution in [2.75, 3.05) is 6.54 Å². The largest absolute Gasteiger partial charge is 0.508 e. The maximum absolute atomic E-state index is 13.4. The van der Waals surface area contributed by atoms with Crippen LogP contribution in [0.1, 0.15) is 70.9 Å². The quantitative estimate of drug-likeness (QED) is 0.343. The molecule has 33 heavy (non-hydrogen) atoms. The molecule has 3 atom stereocenters. The number of carbonyl (C=O) groups is 1. The molecule has 2 rings (SSSR count). The molecular formula is C28H43N3O2. The number of pyridine rings is 1. The average molecular weight is 454 g/mol. The number of nitrogens with one attached hydrogen (secondary N) is 2. The van der Waals surface area contributed by atoms with Crippen molar-refractivity contribution in [3.8, 4) is 5.75 Å². The van der Waals surface area contributed by atoms with Crippen LogP contribution >= 0.6 is 0 Å². The van der Waals surface area contributed by atoms with Crippen molar-refractivity contribution in [1.29, 1.82) is 0 Å². The highest BCUT2D eigenvalue weighted by atomic mass is 16.3. The second kappa shape index (κ2) is 14.7. The van der Waals surface area contributed by atoms with Crippen LogP contribution in [-0.4, -0.2) is 34.6 Å². The van der Waals surface area contributed by atoms with Crippen LogP contribution in [-0.2, 0) is 17.6 Å². The third-order valence-corrected chi connectivity index (χ3v) is 6.09. The van der Waals surface area contributed by atoms with Crippen LogP contribution in [0.4, 0.5) is 0 Å². The fraction of sp³-hybridized carbons (Fsp3) is 0.571. The van der Waals surface area contributed by atoms with Gasteiger partial charge >= 0.3 is 0 Å². The molecule has 0 fully saturated rings. The van der Waals surface area contributed by atoms with Crippen molar-refractivity contribution in [2.45, 2.75) is 84.7 Å². The van der Waals surface area contributed by atoms with E-state index in [2.05, 4.69) is 43.3 Å². The molecule has 0 spiro atoms. The lowest BCUT2D eigenvalue weighted by molar-refractivity contribution is -0.124. The molecule has 182 valence electrons. The smallest absolute Gasteiger partial charge is 0.237 e. The normalized spacial score (nSPS) is 14.1. The predicted molar refractivity (Wildman–Crippen MR) is 136 cm³/mol. The van der Waals surface area contributed by atoms with Crippen LogP contribution < -0.4 is 10.6 Å². The third-order valence-electron chi connectivity index (χ3n) is 6.09. The van der Waals surface area contributed by atoms with Gasteiger partial charge in [0.25, 0.3) is 0 Å². The van der Waals surface area contributed by atoms with Gasteiger partial charge in [0.2, 0.25) is 5.91 Å². The van der Waals surface area contributed by atoms with Gasteiger partial charge in [-0.2, -0.15) is 0 Å². The summed E-state index contributed by atoms with van der Waals surface area (Å²) in [5.74, 6) is 1.34. The summed E-state index contributed by atoms with van der Waals surface area (Å²) < 4.78 is 0. The summed E-state index contributed by atoms with van der Waals surface area (Å²) in [6.07, 6.45) is 10.6. The first kappa shape index (κ1) is 26.8. The molecule has 0 bridgehead atoms. The van der Waals surface area contributed by atoms with Crippen LogP contribution in [0.25, 0.3) is 0 Å². The van der Waals surface area contributed by atoms with Crippen molar-refractivity contribution < 1.29 is 9.90 Å². The highest BCUT2D eigenvalue weighted by Gasteiger charge is 2.23. The second-order valence-corrected chi connectivity index (χ2v) is 9.81. The van der Waals surface area contributed by atoms with E-state index < -0.39 is 0 Å². The molecule has 1 heterocycles. The van der Waals surface area contributed by atoms with Gasteiger partial charge in [-0.05, 0) is 85.9 Å². The molecule has 0 unspecified atom stereocenters. The van der Waals surface area contributed by atoms with E-state index in [9.17, 15) is 9.90 Å². The van der Waals surface area contributed by atoms with Crippen LogP contribution in [0.3, 0.4) is 0 Å². The van der Waals surface area contributed by atoms with Gasteiger partial charge in [0.05, 0.1) is 6.04 Å². The Hall–Kier alpha value is -2.40. The summed E-state index contributed by atoms with van der Waals surface area (Å²) in [6, 6.07) is 11.1. The SMILES string of the molecule is CCCC[C@H](C)CN[C@@H](Cc1ccc(O)cc1)C(=O)N[C@@H](CCc1ccncc1)CC(C)C. The molecular weight excluding hydrogens is 410 g/mol. The summed E-state index contributed by atoms with van der Waals surface area (Å²) in [5.41, 5.74) is 2.29. The van der Waals surface area contributed by atoms with Gasteiger partial charge in [0, 0.05) is 18.4 Å². The fourth-order valence-electron chi connectivity index (χ4n) is 4.13. The zero-order valence-electron chi connectivity index (χ0n) is 20.9. The predicted octanol–water partition coefficient (Wildman–Crippen LogP) is 5.28. The fourth-order valence-corrected chi connectivity index (χ4v) is 4.13. The van der Waals surface area contributed by atoms with Crippen molar-refractivity contribution in [2.24, 2.45) is 11.8 Å². The summed E-state index contributed by atoms with van der Waals surface area (Å²) in [6.45, 7) is 9.68. The average Bonchev–Trinajstić information content (AvgIpc) is 2.80. The zero-order chi connectivity index (χ0) is 24.1. The number of aryl methyl sites for hydroxylation is 1. The molecule has 1 aromatic carbocycles. The monoisotopic (exact) mass is 453 g/mol. The minimum atomic E-state index is -0.297. The first-order valence-electron chi connectivity index (χ1n) is 12.6. The maximum atomic E-state index is 13.4. The Labute approximate surface area is 200 Å². The van der Waals surface area contributed by atoms with Crippen molar-refractivity contribution >= 4 is 5.91 Å². The lowest BCUT2D eigenvalue weighted by Crippen LogP contribution is -2.50. The second-order valence-electron chi connectivity index (χ2n) is 9.81. The third kappa shape index (κ3) is 10.8. The van der Waals surface area contributed by atoms with Gasteiger partial charge < -0.3 is 15.7 Å². The molecule has 5 nitrogen and oxygen atoms in total. The molecule has 1 aromatic heterocycles. The topological polar surface area (TPSA) is 74.2 Å². The van der Waals surface area contributed by atoms with E-state index in [1.165, 1.54) is 24.8 Å². The zero-order valence-corrected chi connectivity index (χ0v) is 20.9. The molecule has 0 saturated carbocycles. The van der Waals surface area contributed by atoms with Crippen LogP contribution in [0, 0.1) is 11.8 Å². The van der Waals surface area contributed by atoms with Gasteiger partial charge in [0.1, 0.15) is 5.75 Å². The van der Waals surface area contributed by atoms with Gasteiger partial charge in [-0.15, -0.1) is 0 Å². The van der Waals surface area contributed by atoms with Crippen LogP contribution in [0.15, 0.2) is 48.8 Å². The van der Waals surface area contributed by atoms with Crippen molar-refractivity contribution in [1.82, 2.24) is 15.6 Å². The number of unbranched alkanes of at least 4 members (excludes halogenated alkanes) is 1. The van der Waals surface area contributed by atoms with Gasteiger partial charge in [-0.3, -0.25) is 9.78 Å². The number of rotatable bonds is 15. The van der Waals surface area contributed by atoms with E-state index in [0.29, 0.717) is 18.3 Å². The molecule has 2 aromatic rings. The number of benzene rings is 1. The van der Waals surface area contributed by atoms with Crippen molar-refractivity contribution in [3.05, 3.63) is 59.9 Å². The summed E-state index contributed by atoms with van der Waals surface area (Å²) >= 11 is 0.